The molecule has 0 amide bonds. The van der Waals surface area contributed by atoms with Gasteiger partial charge in [0.1, 0.15) is 11.5 Å². The van der Waals surface area contributed by atoms with Crippen LogP contribution in [0.25, 0.3) is 0 Å². The normalized spacial score (nSPS) is 12.7. The SMILES string of the molecule is Cc1cc(C(C)NCc2ccncc2C)c(C)o1. The Morgan fingerprint density at radius 3 is 2.72 bits per heavy atom. The lowest BCUT2D eigenvalue weighted by atomic mass is 10.1. The van der Waals surface area contributed by atoms with Crippen LogP contribution >= 0.6 is 0 Å². The number of nitrogens with zero attached hydrogens (tertiary/aromatic N) is 1. The molecule has 3 nitrogen and oxygen atoms in total. The second-order valence-corrected chi connectivity index (χ2v) is 4.77. The molecule has 1 atom stereocenters. The Morgan fingerprint density at radius 1 is 1.33 bits per heavy atom. The molecule has 0 saturated heterocycles. The molecule has 2 rings (SSSR count). The topological polar surface area (TPSA) is 38.1 Å². The third-order valence-corrected chi connectivity index (χ3v) is 3.28. The zero-order valence-electron chi connectivity index (χ0n) is 11.4. The fourth-order valence-electron chi connectivity index (χ4n) is 2.15. The summed E-state index contributed by atoms with van der Waals surface area (Å²) in [5.74, 6) is 1.97. The van der Waals surface area contributed by atoms with Crippen molar-refractivity contribution in [3.05, 3.63) is 52.7 Å². The van der Waals surface area contributed by atoms with Gasteiger partial charge in [0.15, 0.2) is 0 Å². The minimum atomic E-state index is 0.287. The zero-order valence-corrected chi connectivity index (χ0v) is 11.4. The summed E-state index contributed by atoms with van der Waals surface area (Å²) >= 11 is 0. The van der Waals surface area contributed by atoms with E-state index in [2.05, 4.69) is 36.3 Å². The van der Waals surface area contributed by atoms with Gasteiger partial charge in [-0.25, -0.2) is 0 Å². The minimum absolute atomic E-state index is 0.287. The van der Waals surface area contributed by atoms with Crippen LogP contribution < -0.4 is 5.32 Å². The maximum Gasteiger partial charge on any atom is 0.105 e. The first kappa shape index (κ1) is 12.8. The predicted octanol–water partition coefficient (Wildman–Crippen LogP) is 3.45. The van der Waals surface area contributed by atoms with Gasteiger partial charge in [0.2, 0.25) is 0 Å². The summed E-state index contributed by atoms with van der Waals surface area (Å²) < 4.78 is 5.56. The molecule has 0 radical (unpaired) electrons. The standard InChI is InChI=1S/C15H20N2O/c1-10-8-16-6-5-14(10)9-17-12(3)15-7-11(2)18-13(15)4/h5-8,12,17H,9H2,1-4H3. The van der Waals surface area contributed by atoms with Crippen LogP contribution in [0.4, 0.5) is 0 Å². The molecule has 0 aliphatic carbocycles. The first-order valence-corrected chi connectivity index (χ1v) is 6.27. The number of furan rings is 1. The van der Waals surface area contributed by atoms with Gasteiger partial charge in [-0.05, 0) is 51.0 Å². The highest BCUT2D eigenvalue weighted by Gasteiger charge is 2.12. The summed E-state index contributed by atoms with van der Waals surface area (Å²) in [6.45, 7) is 9.09. The zero-order chi connectivity index (χ0) is 13.1. The van der Waals surface area contributed by atoms with Crippen LogP contribution in [0.3, 0.4) is 0 Å². The van der Waals surface area contributed by atoms with E-state index in [4.69, 9.17) is 4.42 Å². The first-order chi connectivity index (χ1) is 8.58. The van der Waals surface area contributed by atoms with Crippen LogP contribution in [-0.4, -0.2) is 4.98 Å². The quantitative estimate of drug-likeness (QED) is 0.895. The maximum absolute atomic E-state index is 5.56. The molecule has 0 aliphatic rings. The van der Waals surface area contributed by atoms with Crippen molar-refractivity contribution in [3.8, 4) is 0 Å². The van der Waals surface area contributed by atoms with E-state index in [-0.39, 0.29) is 6.04 Å². The number of hydrogen-bond acceptors (Lipinski definition) is 3. The molecule has 1 N–H and O–H groups in total. The van der Waals surface area contributed by atoms with Crippen molar-refractivity contribution >= 4 is 0 Å². The van der Waals surface area contributed by atoms with Gasteiger partial charge in [-0.3, -0.25) is 4.98 Å². The van der Waals surface area contributed by atoms with E-state index in [0.29, 0.717) is 0 Å². The molecule has 2 aromatic rings. The second kappa shape index (κ2) is 5.36. The van der Waals surface area contributed by atoms with Crippen molar-refractivity contribution < 1.29 is 4.42 Å². The molecule has 0 aromatic carbocycles. The van der Waals surface area contributed by atoms with Crippen molar-refractivity contribution in [2.45, 2.75) is 40.3 Å². The number of hydrogen-bond donors (Lipinski definition) is 1. The summed E-state index contributed by atoms with van der Waals surface area (Å²) in [5, 5.41) is 3.52. The Kier molecular flexibility index (Phi) is 3.82. The molecule has 0 spiro atoms. The number of nitrogens with one attached hydrogen (secondary N) is 1. The lowest BCUT2D eigenvalue weighted by Gasteiger charge is -2.14. The van der Waals surface area contributed by atoms with E-state index < -0.39 is 0 Å². The highest BCUT2D eigenvalue weighted by Crippen LogP contribution is 2.21. The summed E-state index contributed by atoms with van der Waals surface area (Å²) in [7, 11) is 0. The average Bonchev–Trinajstić information content (AvgIpc) is 2.67. The molecule has 18 heavy (non-hydrogen) atoms. The fraction of sp³-hybridized carbons (Fsp3) is 0.400. The van der Waals surface area contributed by atoms with Crippen molar-refractivity contribution in [1.29, 1.82) is 0 Å². The van der Waals surface area contributed by atoms with Crippen LogP contribution in [0.5, 0.6) is 0 Å². The summed E-state index contributed by atoms with van der Waals surface area (Å²) in [5.41, 5.74) is 3.74. The second-order valence-electron chi connectivity index (χ2n) is 4.77. The molecular formula is C15H20N2O. The molecule has 0 aliphatic heterocycles. The smallest absolute Gasteiger partial charge is 0.105 e. The van der Waals surface area contributed by atoms with E-state index in [9.17, 15) is 0 Å². The number of rotatable bonds is 4. The number of pyridine rings is 1. The van der Waals surface area contributed by atoms with E-state index >= 15 is 0 Å². The van der Waals surface area contributed by atoms with Crippen LogP contribution in [0.1, 0.15) is 41.2 Å². The number of aromatic nitrogens is 1. The van der Waals surface area contributed by atoms with Crippen LogP contribution in [0.2, 0.25) is 0 Å². The van der Waals surface area contributed by atoms with Gasteiger partial charge in [0.25, 0.3) is 0 Å². The Balaban J connectivity index is 2.03. The highest BCUT2D eigenvalue weighted by atomic mass is 16.3. The third kappa shape index (κ3) is 2.79. The van der Waals surface area contributed by atoms with Gasteiger partial charge < -0.3 is 9.73 Å². The van der Waals surface area contributed by atoms with E-state index in [1.165, 1.54) is 16.7 Å². The molecule has 0 saturated carbocycles. The van der Waals surface area contributed by atoms with Gasteiger partial charge in [-0.2, -0.15) is 0 Å². The average molecular weight is 244 g/mol. The van der Waals surface area contributed by atoms with Gasteiger partial charge in [-0.15, -0.1) is 0 Å². The number of aryl methyl sites for hydroxylation is 3. The van der Waals surface area contributed by atoms with Gasteiger partial charge in [0, 0.05) is 30.5 Å². The highest BCUT2D eigenvalue weighted by molar-refractivity contribution is 5.25. The lowest BCUT2D eigenvalue weighted by molar-refractivity contribution is 0.489. The largest absolute Gasteiger partial charge is 0.466 e. The fourth-order valence-corrected chi connectivity index (χ4v) is 2.15. The Bertz CT molecular complexity index is 531. The molecule has 2 heterocycles. The third-order valence-electron chi connectivity index (χ3n) is 3.28. The minimum Gasteiger partial charge on any atom is -0.466 e. The van der Waals surface area contributed by atoms with E-state index in [1.54, 1.807) is 0 Å². The van der Waals surface area contributed by atoms with Crippen LogP contribution in [0.15, 0.2) is 28.9 Å². The Hall–Kier alpha value is -1.61. The van der Waals surface area contributed by atoms with Crippen LogP contribution in [-0.2, 0) is 6.54 Å². The molecule has 0 bridgehead atoms. The molecule has 2 aromatic heterocycles. The molecule has 3 heteroatoms. The lowest BCUT2D eigenvalue weighted by Crippen LogP contribution is -2.18. The van der Waals surface area contributed by atoms with Crippen LogP contribution in [0, 0.1) is 20.8 Å². The maximum atomic E-state index is 5.56. The van der Waals surface area contributed by atoms with E-state index in [1.807, 2.05) is 26.2 Å². The molecule has 1 unspecified atom stereocenters. The molecule has 0 fully saturated rings. The van der Waals surface area contributed by atoms with Gasteiger partial charge in [0.05, 0.1) is 0 Å². The Labute approximate surface area is 108 Å². The summed E-state index contributed by atoms with van der Waals surface area (Å²) in [6, 6.07) is 4.45. The first-order valence-electron chi connectivity index (χ1n) is 6.27. The van der Waals surface area contributed by atoms with Gasteiger partial charge >= 0.3 is 0 Å². The van der Waals surface area contributed by atoms with Crippen molar-refractivity contribution in [2.75, 3.05) is 0 Å². The molecule has 96 valence electrons. The van der Waals surface area contributed by atoms with Crippen molar-refractivity contribution in [3.63, 3.8) is 0 Å². The predicted molar refractivity (Wildman–Crippen MR) is 72.4 cm³/mol. The Morgan fingerprint density at radius 2 is 2.11 bits per heavy atom. The van der Waals surface area contributed by atoms with Crippen molar-refractivity contribution in [1.82, 2.24) is 10.3 Å². The van der Waals surface area contributed by atoms with Crippen molar-refractivity contribution in [2.24, 2.45) is 0 Å². The summed E-state index contributed by atoms with van der Waals surface area (Å²) in [6.07, 6.45) is 3.73. The van der Waals surface area contributed by atoms with E-state index in [0.717, 1.165) is 18.1 Å². The molecular weight excluding hydrogens is 224 g/mol. The van der Waals surface area contributed by atoms with Gasteiger partial charge in [-0.1, -0.05) is 0 Å². The monoisotopic (exact) mass is 244 g/mol. The summed E-state index contributed by atoms with van der Waals surface area (Å²) in [4.78, 5) is 4.10.